The van der Waals surface area contributed by atoms with Gasteiger partial charge in [-0.05, 0) is 43.2 Å². The fourth-order valence-electron chi connectivity index (χ4n) is 2.93. The van der Waals surface area contributed by atoms with Gasteiger partial charge in [-0.15, -0.1) is 0 Å². The van der Waals surface area contributed by atoms with E-state index in [1.54, 1.807) is 11.0 Å². The molecule has 0 unspecified atom stereocenters. The lowest BCUT2D eigenvalue weighted by molar-refractivity contribution is -0.122. The summed E-state index contributed by atoms with van der Waals surface area (Å²) < 4.78 is 5.13. The highest BCUT2D eigenvalue weighted by Gasteiger charge is 2.31. The summed E-state index contributed by atoms with van der Waals surface area (Å²) in [5, 5.41) is 0.379. The number of nitrogens with zero attached hydrogens (tertiary/aromatic N) is 1. The van der Waals surface area contributed by atoms with Crippen molar-refractivity contribution in [3.63, 3.8) is 0 Å². The van der Waals surface area contributed by atoms with Gasteiger partial charge in [0.25, 0.3) is 5.91 Å². The molecule has 1 amide bonds. The molecule has 0 radical (unpaired) electrons. The summed E-state index contributed by atoms with van der Waals surface area (Å²) >= 11 is 5.86. The maximum absolute atomic E-state index is 12.5. The predicted octanol–water partition coefficient (Wildman–Crippen LogP) is 3.06. The van der Waals surface area contributed by atoms with Crippen molar-refractivity contribution in [2.45, 2.75) is 19.4 Å². The van der Waals surface area contributed by atoms with Crippen molar-refractivity contribution in [1.29, 1.82) is 0 Å². The average Bonchev–Trinajstić information content (AvgIpc) is 2.90. The molecule has 0 saturated carbocycles. The van der Waals surface area contributed by atoms with Crippen molar-refractivity contribution in [2.75, 3.05) is 17.2 Å². The third-order valence-corrected chi connectivity index (χ3v) is 4.27. The summed E-state index contributed by atoms with van der Waals surface area (Å²) in [5.74, 6) is -0.926. The first-order valence-electron chi connectivity index (χ1n) is 7.59. The SMILES string of the molecule is C[C@@H]1Cc2ccccc2N1C(=O)COC(=O)c1cc(Cl)ccc1N. The number of carbonyl (C=O) groups excluding carboxylic acids is 2. The van der Waals surface area contributed by atoms with Crippen molar-refractivity contribution in [2.24, 2.45) is 0 Å². The van der Waals surface area contributed by atoms with E-state index in [0.717, 1.165) is 17.7 Å². The summed E-state index contributed by atoms with van der Waals surface area (Å²) in [7, 11) is 0. The number of benzene rings is 2. The standard InChI is InChI=1S/C18H17ClN2O3/c1-11-8-12-4-2-3-5-16(12)21(11)17(22)10-24-18(23)14-9-13(19)6-7-15(14)20/h2-7,9,11H,8,10,20H2,1H3/t11-/m1/s1. The quantitative estimate of drug-likeness (QED) is 0.686. The molecule has 0 aromatic heterocycles. The smallest absolute Gasteiger partial charge is 0.340 e. The number of rotatable bonds is 3. The number of amides is 1. The van der Waals surface area contributed by atoms with Crippen LogP contribution >= 0.6 is 11.6 Å². The van der Waals surface area contributed by atoms with Crippen molar-refractivity contribution in [3.05, 3.63) is 58.6 Å². The Balaban J connectivity index is 1.70. The number of hydrogen-bond donors (Lipinski definition) is 1. The number of halogens is 1. The Kier molecular flexibility index (Phi) is 4.44. The molecule has 0 aliphatic carbocycles. The predicted molar refractivity (Wildman–Crippen MR) is 93.2 cm³/mol. The molecule has 2 aromatic rings. The zero-order valence-electron chi connectivity index (χ0n) is 13.2. The highest BCUT2D eigenvalue weighted by Crippen LogP contribution is 2.31. The van der Waals surface area contributed by atoms with E-state index in [1.165, 1.54) is 12.1 Å². The Hall–Kier alpha value is -2.53. The second-order valence-electron chi connectivity index (χ2n) is 5.75. The maximum Gasteiger partial charge on any atom is 0.340 e. The van der Waals surface area contributed by atoms with Gasteiger partial charge in [-0.25, -0.2) is 4.79 Å². The average molecular weight is 345 g/mol. The van der Waals surface area contributed by atoms with Gasteiger partial charge in [0.05, 0.1) is 5.56 Å². The normalized spacial score (nSPS) is 15.9. The lowest BCUT2D eigenvalue weighted by Gasteiger charge is -2.22. The molecule has 124 valence electrons. The first-order valence-corrected chi connectivity index (χ1v) is 7.97. The molecular formula is C18H17ClN2O3. The molecule has 6 heteroatoms. The summed E-state index contributed by atoms with van der Waals surface area (Å²) in [6.07, 6.45) is 0.789. The van der Waals surface area contributed by atoms with E-state index >= 15 is 0 Å². The summed E-state index contributed by atoms with van der Waals surface area (Å²) in [6, 6.07) is 12.3. The Labute approximate surface area is 145 Å². The van der Waals surface area contributed by atoms with Crippen molar-refractivity contribution in [3.8, 4) is 0 Å². The van der Waals surface area contributed by atoms with E-state index in [0.29, 0.717) is 5.02 Å². The van der Waals surface area contributed by atoms with Crippen LogP contribution < -0.4 is 10.6 Å². The molecule has 2 N–H and O–H groups in total. The Morgan fingerprint density at radius 3 is 2.83 bits per heavy atom. The Morgan fingerprint density at radius 1 is 1.29 bits per heavy atom. The lowest BCUT2D eigenvalue weighted by Crippen LogP contribution is -2.38. The van der Waals surface area contributed by atoms with Crippen LogP contribution in [0.4, 0.5) is 11.4 Å². The maximum atomic E-state index is 12.5. The van der Waals surface area contributed by atoms with Crippen LogP contribution in [0.1, 0.15) is 22.8 Å². The molecule has 2 aromatic carbocycles. The molecule has 0 saturated heterocycles. The summed E-state index contributed by atoms with van der Waals surface area (Å²) in [4.78, 5) is 26.3. The molecule has 1 atom stereocenters. The third-order valence-electron chi connectivity index (χ3n) is 4.04. The first-order chi connectivity index (χ1) is 11.5. The van der Waals surface area contributed by atoms with Crippen LogP contribution in [-0.2, 0) is 16.0 Å². The van der Waals surface area contributed by atoms with Gasteiger partial charge in [0.2, 0.25) is 0 Å². The van der Waals surface area contributed by atoms with Gasteiger partial charge in [0.1, 0.15) is 0 Å². The Morgan fingerprint density at radius 2 is 2.04 bits per heavy atom. The van der Waals surface area contributed by atoms with Gasteiger partial charge in [-0.2, -0.15) is 0 Å². The molecule has 1 aliphatic heterocycles. The molecule has 3 rings (SSSR count). The largest absolute Gasteiger partial charge is 0.452 e. The summed E-state index contributed by atoms with van der Waals surface area (Å²) in [5.41, 5.74) is 8.15. The van der Waals surface area contributed by atoms with Crippen LogP contribution in [0.25, 0.3) is 0 Å². The molecule has 0 spiro atoms. The highest BCUT2D eigenvalue weighted by atomic mass is 35.5. The summed E-state index contributed by atoms with van der Waals surface area (Å²) in [6.45, 7) is 1.62. The van der Waals surface area contributed by atoms with Crippen LogP contribution in [-0.4, -0.2) is 24.5 Å². The fourth-order valence-corrected chi connectivity index (χ4v) is 3.10. The fraction of sp³-hybridized carbons (Fsp3) is 0.222. The van der Waals surface area contributed by atoms with E-state index in [4.69, 9.17) is 22.1 Å². The van der Waals surface area contributed by atoms with Gasteiger partial charge in [0.15, 0.2) is 6.61 Å². The topological polar surface area (TPSA) is 72.6 Å². The minimum absolute atomic E-state index is 0.0323. The van der Waals surface area contributed by atoms with Crippen LogP contribution in [0.5, 0.6) is 0 Å². The van der Waals surface area contributed by atoms with Gasteiger partial charge in [0, 0.05) is 22.4 Å². The first kappa shape index (κ1) is 16.3. The van der Waals surface area contributed by atoms with E-state index in [1.807, 2.05) is 31.2 Å². The van der Waals surface area contributed by atoms with Gasteiger partial charge < -0.3 is 15.4 Å². The molecule has 0 fully saturated rings. The van der Waals surface area contributed by atoms with Gasteiger partial charge in [-0.3, -0.25) is 4.79 Å². The van der Waals surface area contributed by atoms with Crippen LogP contribution in [0, 0.1) is 0 Å². The zero-order chi connectivity index (χ0) is 17.3. The minimum Gasteiger partial charge on any atom is -0.452 e. The molecule has 0 bridgehead atoms. The third kappa shape index (κ3) is 3.08. The minimum atomic E-state index is -0.663. The van der Waals surface area contributed by atoms with Crippen LogP contribution in [0.3, 0.4) is 0 Å². The number of hydrogen-bond acceptors (Lipinski definition) is 4. The Bertz CT molecular complexity index is 807. The van der Waals surface area contributed by atoms with Gasteiger partial charge in [-0.1, -0.05) is 29.8 Å². The number of fused-ring (bicyclic) bond motifs is 1. The van der Waals surface area contributed by atoms with E-state index in [9.17, 15) is 9.59 Å². The number of nitrogen functional groups attached to an aromatic ring is 1. The second kappa shape index (κ2) is 6.53. The number of nitrogens with two attached hydrogens (primary N) is 1. The van der Waals surface area contributed by atoms with Crippen LogP contribution in [0.2, 0.25) is 5.02 Å². The molecule has 1 aliphatic rings. The number of carbonyl (C=O) groups is 2. The van der Waals surface area contributed by atoms with Crippen molar-refractivity contribution < 1.29 is 14.3 Å². The van der Waals surface area contributed by atoms with Crippen molar-refractivity contribution >= 4 is 34.9 Å². The zero-order valence-corrected chi connectivity index (χ0v) is 13.9. The monoisotopic (exact) mass is 344 g/mol. The molecule has 1 heterocycles. The molecule has 24 heavy (non-hydrogen) atoms. The number of esters is 1. The second-order valence-corrected chi connectivity index (χ2v) is 6.19. The van der Waals surface area contributed by atoms with Crippen LogP contribution in [0.15, 0.2) is 42.5 Å². The molecule has 5 nitrogen and oxygen atoms in total. The van der Waals surface area contributed by atoms with Gasteiger partial charge >= 0.3 is 5.97 Å². The van der Waals surface area contributed by atoms with Crippen molar-refractivity contribution in [1.82, 2.24) is 0 Å². The highest BCUT2D eigenvalue weighted by molar-refractivity contribution is 6.31. The van der Waals surface area contributed by atoms with E-state index in [-0.39, 0.29) is 29.8 Å². The molecular weight excluding hydrogens is 328 g/mol. The number of anilines is 2. The number of para-hydroxylation sites is 1. The van der Waals surface area contributed by atoms with E-state index < -0.39 is 5.97 Å². The van der Waals surface area contributed by atoms with E-state index in [2.05, 4.69) is 0 Å². The lowest BCUT2D eigenvalue weighted by atomic mass is 10.1. The number of ether oxygens (including phenoxy) is 1.